The Kier molecular flexibility index (Phi) is 5.39. The molecule has 1 unspecified atom stereocenters. The first-order valence-electron chi connectivity index (χ1n) is 2.95. The molecule has 54 valence electrons. The van der Waals surface area contributed by atoms with Crippen LogP contribution in [0.2, 0.25) is 0 Å². The molecule has 1 atom stereocenters. The van der Waals surface area contributed by atoms with Gasteiger partial charge < -0.3 is 0 Å². The van der Waals surface area contributed by atoms with Gasteiger partial charge in [-0.25, -0.2) is 0 Å². The van der Waals surface area contributed by atoms with Crippen molar-refractivity contribution < 1.29 is 4.79 Å². The Morgan fingerprint density at radius 3 is 2.56 bits per heavy atom. The molecule has 0 N–H and O–H groups in total. The molecule has 0 bridgehead atoms. The summed E-state index contributed by atoms with van der Waals surface area (Å²) in [7, 11) is 0. The van der Waals surface area contributed by atoms with E-state index in [1.165, 1.54) is 0 Å². The predicted octanol–water partition coefficient (Wildman–Crippen LogP) is 1.58. The molecule has 0 amide bonds. The van der Waals surface area contributed by atoms with Crippen LogP contribution in [0.3, 0.4) is 0 Å². The first kappa shape index (κ1) is 9.37. The van der Waals surface area contributed by atoms with E-state index in [4.69, 9.17) is 0 Å². The van der Waals surface area contributed by atoms with E-state index < -0.39 is 0 Å². The highest BCUT2D eigenvalue weighted by molar-refractivity contribution is 7.81. The van der Waals surface area contributed by atoms with Crippen LogP contribution in [0.25, 0.3) is 0 Å². The number of ketones is 1. The van der Waals surface area contributed by atoms with Crippen LogP contribution in [-0.4, -0.2) is 16.8 Å². The second-order valence-corrected chi connectivity index (χ2v) is 3.25. The summed E-state index contributed by atoms with van der Waals surface area (Å²) in [5.41, 5.74) is 0. The SMILES string of the molecule is CC(=O)CC(S)CCS. The Morgan fingerprint density at radius 2 is 2.22 bits per heavy atom. The summed E-state index contributed by atoms with van der Waals surface area (Å²) in [6, 6.07) is 0. The normalized spacial score (nSPS) is 13.2. The van der Waals surface area contributed by atoms with Crippen LogP contribution in [0.15, 0.2) is 0 Å². The predicted molar refractivity (Wildman–Crippen MR) is 46.5 cm³/mol. The number of hydrogen-bond acceptors (Lipinski definition) is 3. The van der Waals surface area contributed by atoms with E-state index in [-0.39, 0.29) is 11.0 Å². The van der Waals surface area contributed by atoms with Crippen molar-refractivity contribution in [2.24, 2.45) is 0 Å². The van der Waals surface area contributed by atoms with Gasteiger partial charge in [-0.15, -0.1) is 0 Å². The molecule has 0 aliphatic carbocycles. The fraction of sp³-hybridized carbons (Fsp3) is 0.833. The molecule has 0 saturated heterocycles. The summed E-state index contributed by atoms with van der Waals surface area (Å²) in [6.07, 6.45) is 1.48. The monoisotopic (exact) mass is 164 g/mol. The van der Waals surface area contributed by atoms with Crippen LogP contribution >= 0.6 is 25.3 Å². The summed E-state index contributed by atoms with van der Waals surface area (Å²) < 4.78 is 0. The highest BCUT2D eigenvalue weighted by atomic mass is 32.1. The van der Waals surface area contributed by atoms with Crippen molar-refractivity contribution in [3.8, 4) is 0 Å². The largest absolute Gasteiger partial charge is 0.300 e. The highest BCUT2D eigenvalue weighted by Gasteiger charge is 2.03. The van der Waals surface area contributed by atoms with Crippen molar-refractivity contribution >= 4 is 31.0 Å². The van der Waals surface area contributed by atoms with Crippen molar-refractivity contribution in [1.29, 1.82) is 0 Å². The lowest BCUT2D eigenvalue weighted by molar-refractivity contribution is -0.116. The Hall–Kier alpha value is 0.370. The molecule has 0 spiro atoms. The van der Waals surface area contributed by atoms with E-state index in [9.17, 15) is 4.79 Å². The van der Waals surface area contributed by atoms with Gasteiger partial charge in [0.2, 0.25) is 0 Å². The van der Waals surface area contributed by atoms with Gasteiger partial charge in [0.15, 0.2) is 0 Å². The van der Waals surface area contributed by atoms with E-state index in [0.29, 0.717) is 6.42 Å². The standard InChI is InChI=1S/C6H12OS2/c1-5(7)4-6(9)2-3-8/h6,8-9H,2-4H2,1H3. The van der Waals surface area contributed by atoms with Gasteiger partial charge in [0, 0.05) is 11.7 Å². The fourth-order valence-corrected chi connectivity index (χ4v) is 1.48. The lowest BCUT2D eigenvalue weighted by atomic mass is 10.2. The van der Waals surface area contributed by atoms with Crippen LogP contribution in [0, 0.1) is 0 Å². The van der Waals surface area contributed by atoms with Crippen LogP contribution in [0.4, 0.5) is 0 Å². The van der Waals surface area contributed by atoms with Crippen LogP contribution in [0.1, 0.15) is 19.8 Å². The molecule has 0 aromatic heterocycles. The molecule has 0 radical (unpaired) electrons. The molecule has 0 aliphatic heterocycles. The van der Waals surface area contributed by atoms with Gasteiger partial charge >= 0.3 is 0 Å². The van der Waals surface area contributed by atoms with Gasteiger partial charge in [-0.2, -0.15) is 25.3 Å². The molecule has 3 heteroatoms. The zero-order valence-corrected chi connectivity index (χ0v) is 7.29. The van der Waals surface area contributed by atoms with Gasteiger partial charge in [0.05, 0.1) is 0 Å². The van der Waals surface area contributed by atoms with Crippen molar-refractivity contribution in [1.82, 2.24) is 0 Å². The molecule has 0 aliphatic rings. The lowest BCUT2D eigenvalue weighted by Gasteiger charge is -2.03. The Morgan fingerprint density at radius 1 is 1.67 bits per heavy atom. The Labute approximate surface area is 67.0 Å². The molecule has 0 rings (SSSR count). The summed E-state index contributed by atoms with van der Waals surface area (Å²) in [5, 5.41) is 0.208. The second-order valence-electron chi connectivity index (χ2n) is 2.07. The van der Waals surface area contributed by atoms with Gasteiger partial charge in [-0.3, -0.25) is 4.79 Å². The van der Waals surface area contributed by atoms with Crippen LogP contribution in [-0.2, 0) is 4.79 Å². The van der Waals surface area contributed by atoms with Gasteiger partial charge in [-0.1, -0.05) is 0 Å². The van der Waals surface area contributed by atoms with Gasteiger partial charge in [-0.05, 0) is 19.1 Å². The van der Waals surface area contributed by atoms with Crippen molar-refractivity contribution in [2.45, 2.75) is 25.0 Å². The quantitative estimate of drug-likeness (QED) is 0.603. The van der Waals surface area contributed by atoms with Crippen molar-refractivity contribution in [2.75, 3.05) is 5.75 Å². The number of hydrogen-bond donors (Lipinski definition) is 2. The van der Waals surface area contributed by atoms with Gasteiger partial charge in [0.1, 0.15) is 5.78 Å². The second kappa shape index (κ2) is 5.18. The molecular formula is C6H12OS2. The number of rotatable bonds is 4. The molecule has 1 nitrogen and oxygen atoms in total. The average molecular weight is 164 g/mol. The smallest absolute Gasteiger partial charge is 0.130 e. The maximum atomic E-state index is 10.5. The van der Waals surface area contributed by atoms with Crippen molar-refractivity contribution in [3.63, 3.8) is 0 Å². The van der Waals surface area contributed by atoms with E-state index >= 15 is 0 Å². The Balaban J connectivity index is 3.26. The number of carbonyl (C=O) groups excluding carboxylic acids is 1. The summed E-state index contributed by atoms with van der Waals surface area (Å²) in [4.78, 5) is 10.5. The van der Waals surface area contributed by atoms with E-state index in [1.54, 1.807) is 6.92 Å². The minimum absolute atomic E-state index is 0.205. The minimum Gasteiger partial charge on any atom is -0.300 e. The van der Waals surface area contributed by atoms with E-state index in [0.717, 1.165) is 12.2 Å². The number of thiol groups is 2. The third kappa shape index (κ3) is 6.25. The lowest BCUT2D eigenvalue weighted by Crippen LogP contribution is -2.05. The van der Waals surface area contributed by atoms with E-state index in [1.807, 2.05) is 0 Å². The number of Topliss-reactive ketones (excluding diaryl/α,β-unsaturated/α-hetero) is 1. The fourth-order valence-electron chi connectivity index (χ4n) is 0.583. The Bertz CT molecular complexity index is 93.1. The minimum atomic E-state index is 0.205. The molecule has 0 aromatic rings. The average Bonchev–Trinajstić information content (AvgIpc) is 1.63. The maximum Gasteiger partial charge on any atom is 0.130 e. The highest BCUT2D eigenvalue weighted by Crippen LogP contribution is 2.07. The van der Waals surface area contributed by atoms with E-state index in [2.05, 4.69) is 25.3 Å². The molecule has 0 fully saturated rings. The molecular weight excluding hydrogens is 152 g/mol. The third-order valence-electron chi connectivity index (χ3n) is 0.985. The first-order chi connectivity index (χ1) is 4.16. The van der Waals surface area contributed by atoms with Gasteiger partial charge in [0.25, 0.3) is 0 Å². The zero-order valence-electron chi connectivity index (χ0n) is 5.50. The zero-order chi connectivity index (χ0) is 7.28. The maximum absolute atomic E-state index is 10.5. The van der Waals surface area contributed by atoms with Crippen LogP contribution < -0.4 is 0 Å². The summed E-state index contributed by atoms with van der Waals surface area (Å²) in [6.45, 7) is 1.59. The summed E-state index contributed by atoms with van der Waals surface area (Å²) >= 11 is 8.20. The topological polar surface area (TPSA) is 17.1 Å². The first-order valence-corrected chi connectivity index (χ1v) is 4.10. The molecule has 0 aromatic carbocycles. The molecule has 9 heavy (non-hydrogen) atoms. The van der Waals surface area contributed by atoms with Crippen LogP contribution in [0.5, 0.6) is 0 Å². The number of carbonyl (C=O) groups is 1. The van der Waals surface area contributed by atoms with Crippen molar-refractivity contribution in [3.05, 3.63) is 0 Å². The summed E-state index contributed by atoms with van der Waals surface area (Å²) in [5.74, 6) is 1.01. The molecule has 0 heterocycles. The third-order valence-corrected chi connectivity index (χ3v) is 1.68. The molecule has 0 saturated carbocycles.